The highest BCUT2D eigenvalue weighted by atomic mass is 19.2. The number of hydrogen-bond donors (Lipinski definition) is 1. The summed E-state index contributed by atoms with van der Waals surface area (Å²) in [6, 6.07) is 8.07. The molecule has 0 atom stereocenters. The van der Waals surface area contributed by atoms with Gasteiger partial charge in [0, 0.05) is 5.56 Å². The predicted molar refractivity (Wildman–Crippen MR) is 78.4 cm³/mol. The van der Waals surface area contributed by atoms with Crippen molar-refractivity contribution in [3.63, 3.8) is 0 Å². The average Bonchev–Trinajstić information content (AvgIpc) is 3.00. The highest BCUT2D eigenvalue weighted by Crippen LogP contribution is 2.22. The maximum atomic E-state index is 13.3. The Morgan fingerprint density at radius 3 is 2.61 bits per heavy atom. The van der Waals surface area contributed by atoms with Gasteiger partial charge >= 0.3 is 5.97 Å². The van der Waals surface area contributed by atoms with Crippen LogP contribution in [0.25, 0.3) is 16.9 Å². The van der Waals surface area contributed by atoms with Crippen LogP contribution in [0.1, 0.15) is 15.9 Å². The number of rotatable bonds is 3. The minimum atomic E-state index is -1.05. The fraction of sp³-hybridized carbons (Fsp3) is 0.0625. The minimum Gasteiger partial charge on any atom is -0.478 e. The van der Waals surface area contributed by atoms with E-state index < -0.39 is 17.6 Å². The van der Waals surface area contributed by atoms with Gasteiger partial charge in [-0.05, 0) is 42.8 Å². The first-order valence-corrected chi connectivity index (χ1v) is 6.68. The highest BCUT2D eigenvalue weighted by molar-refractivity contribution is 5.88. The zero-order valence-corrected chi connectivity index (χ0v) is 12.0. The summed E-state index contributed by atoms with van der Waals surface area (Å²) in [7, 11) is 0. The topological polar surface area (TPSA) is 68.0 Å². The molecule has 0 aliphatic heterocycles. The zero-order chi connectivity index (χ0) is 16.6. The highest BCUT2D eigenvalue weighted by Gasteiger charge is 2.12. The molecule has 0 spiro atoms. The molecule has 0 radical (unpaired) electrons. The summed E-state index contributed by atoms with van der Waals surface area (Å²) in [6.45, 7) is 1.81. The van der Waals surface area contributed by atoms with Gasteiger partial charge in [-0.1, -0.05) is 11.3 Å². The first kappa shape index (κ1) is 14.8. The number of aromatic carboxylic acids is 1. The molecule has 1 N–H and O–H groups in total. The number of carboxylic acid groups (broad SMARTS) is 1. The Bertz CT molecular complexity index is 906. The number of aromatic nitrogens is 3. The molecule has 0 bridgehead atoms. The standard InChI is InChI=1S/C16H11F2N3O2/c1-9-2-3-11(16(22)23)7-15(9)21-8-14(19-20-21)10-4-5-12(17)13(18)6-10/h2-8H,1H3,(H,22,23). The van der Waals surface area contributed by atoms with Gasteiger partial charge in [0.15, 0.2) is 11.6 Å². The van der Waals surface area contributed by atoms with Crippen LogP contribution in [0.15, 0.2) is 42.6 Å². The Kier molecular flexibility index (Phi) is 3.61. The zero-order valence-electron chi connectivity index (χ0n) is 12.0. The van der Waals surface area contributed by atoms with Crippen LogP contribution in [0.2, 0.25) is 0 Å². The van der Waals surface area contributed by atoms with Gasteiger partial charge in [-0.15, -0.1) is 5.10 Å². The predicted octanol–water partition coefficient (Wildman–Crippen LogP) is 3.22. The van der Waals surface area contributed by atoms with Crippen molar-refractivity contribution in [2.24, 2.45) is 0 Å². The molecular weight excluding hydrogens is 304 g/mol. The fourth-order valence-electron chi connectivity index (χ4n) is 2.16. The summed E-state index contributed by atoms with van der Waals surface area (Å²) in [5.74, 6) is -2.96. The van der Waals surface area contributed by atoms with Crippen LogP contribution < -0.4 is 0 Å². The molecule has 3 rings (SSSR count). The molecule has 0 aliphatic carbocycles. The Balaban J connectivity index is 2.03. The molecule has 3 aromatic rings. The fourth-order valence-corrected chi connectivity index (χ4v) is 2.16. The summed E-state index contributed by atoms with van der Waals surface area (Å²) in [4.78, 5) is 11.1. The number of hydrogen-bond acceptors (Lipinski definition) is 3. The van der Waals surface area contributed by atoms with E-state index in [9.17, 15) is 13.6 Å². The smallest absolute Gasteiger partial charge is 0.335 e. The van der Waals surface area contributed by atoms with Crippen molar-refractivity contribution < 1.29 is 18.7 Å². The second-order valence-electron chi connectivity index (χ2n) is 4.98. The molecule has 116 valence electrons. The van der Waals surface area contributed by atoms with E-state index in [0.717, 1.165) is 17.7 Å². The number of halogens is 2. The van der Waals surface area contributed by atoms with Gasteiger partial charge < -0.3 is 5.11 Å². The summed E-state index contributed by atoms with van der Waals surface area (Å²) < 4.78 is 27.7. The van der Waals surface area contributed by atoms with Crippen LogP contribution >= 0.6 is 0 Å². The molecule has 0 saturated carbocycles. The van der Waals surface area contributed by atoms with E-state index in [1.165, 1.54) is 29.1 Å². The van der Waals surface area contributed by atoms with Gasteiger partial charge in [0.1, 0.15) is 5.69 Å². The molecular formula is C16H11F2N3O2. The Morgan fingerprint density at radius 1 is 1.13 bits per heavy atom. The average molecular weight is 315 g/mol. The monoisotopic (exact) mass is 315 g/mol. The van der Waals surface area contributed by atoms with Crippen molar-refractivity contribution in [2.75, 3.05) is 0 Å². The molecule has 5 nitrogen and oxygen atoms in total. The van der Waals surface area contributed by atoms with Crippen molar-refractivity contribution in [3.8, 4) is 16.9 Å². The van der Waals surface area contributed by atoms with Crippen LogP contribution in [-0.2, 0) is 0 Å². The van der Waals surface area contributed by atoms with E-state index >= 15 is 0 Å². The molecule has 2 aromatic carbocycles. The third kappa shape index (κ3) is 2.80. The minimum absolute atomic E-state index is 0.121. The molecule has 23 heavy (non-hydrogen) atoms. The maximum absolute atomic E-state index is 13.3. The second kappa shape index (κ2) is 5.60. The Morgan fingerprint density at radius 2 is 1.91 bits per heavy atom. The molecule has 1 heterocycles. The molecule has 0 amide bonds. The van der Waals surface area contributed by atoms with Crippen molar-refractivity contribution >= 4 is 5.97 Å². The van der Waals surface area contributed by atoms with Crippen molar-refractivity contribution in [2.45, 2.75) is 6.92 Å². The quantitative estimate of drug-likeness (QED) is 0.806. The lowest BCUT2D eigenvalue weighted by molar-refractivity contribution is 0.0697. The van der Waals surface area contributed by atoms with E-state index in [1.54, 1.807) is 13.0 Å². The van der Waals surface area contributed by atoms with Gasteiger partial charge in [0.25, 0.3) is 0 Å². The van der Waals surface area contributed by atoms with Crippen molar-refractivity contribution in [1.82, 2.24) is 15.0 Å². The number of carbonyl (C=O) groups is 1. The van der Waals surface area contributed by atoms with Gasteiger partial charge in [-0.3, -0.25) is 0 Å². The van der Waals surface area contributed by atoms with Crippen molar-refractivity contribution in [3.05, 3.63) is 65.4 Å². The van der Waals surface area contributed by atoms with Crippen LogP contribution in [0, 0.1) is 18.6 Å². The van der Waals surface area contributed by atoms with E-state index in [0.29, 0.717) is 16.9 Å². The molecule has 0 saturated heterocycles. The van der Waals surface area contributed by atoms with Crippen LogP contribution in [0.3, 0.4) is 0 Å². The first-order chi connectivity index (χ1) is 11.0. The van der Waals surface area contributed by atoms with Crippen LogP contribution in [0.5, 0.6) is 0 Å². The third-order valence-electron chi connectivity index (χ3n) is 3.41. The first-order valence-electron chi connectivity index (χ1n) is 6.68. The number of carboxylic acids is 1. The maximum Gasteiger partial charge on any atom is 0.335 e. The lowest BCUT2D eigenvalue weighted by Gasteiger charge is -2.06. The van der Waals surface area contributed by atoms with Crippen LogP contribution in [0.4, 0.5) is 8.78 Å². The van der Waals surface area contributed by atoms with Gasteiger partial charge in [-0.25, -0.2) is 18.3 Å². The number of nitrogens with zero attached hydrogens (tertiary/aromatic N) is 3. The largest absolute Gasteiger partial charge is 0.478 e. The van der Waals surface area contributed by atoms with Gasteiger partial charge in [0.2, 0.25) is 0 Å². The summed E-state index contributed by atoms with van der Waals surface area (Å²) in [6.07, 6.45) is 1.53. The van der Waals surface area contributed by atoms with Gasteiger partial charge in [-0.2, -0.15) is 0 Å². The molecule has 1 aromatic heterocycles. The third-order valence-corrected chi connectivity index (χ3v) is 3.41. The lowest BCUT2D eigenvalue weighted by atomic mass is 10.1. The van der Waals surface area contributed by atoms with E-state index in [4.69, 9.17) is 5.11 Å². The van der Waals surface area contributed by atoms with E-state index in [2.05, 4.69) is 10.3 Å². The van der Waals surface area contributed by atoms with Crippen LogP contribution in [-0.4, -0.2) is 26.1 Å². The van der Waals surface area contributed by atoms with Crippen molar-refractivity contribution in [1.29, 1.82) is 0 Å². The number of aryl methyl sites for hydroxylation is 1. The lowest BCUT2D eigenvalue weighted by Crippen LogP contribution is -2.02. The van der Waals surface area contributed by atoms with E-state index in [-0.39, 0.29) is 5.56 Å². The normalized spacial score (nSPS) is 10.7. The van der Waals surface area contributed by atoms with Gasteiger partial charge in [0.05, 0.1) is 17.4 Å². The number of benzene rings is 2. The molecule has 0 fully saturated rings. The van der Waals surface area contributed by atoms with E-state index in [1.807, 2.05) is 0 Å². The molecule has 7 heteroatoms. The second-order valence-corrected chi connectivity index (χ2v) is 4.98. The SMILES string of the molecule is Cc1ccc(C(=O)O)cc1-n1cc(-c2ccc(F)c(F)c2)nn1. The summed E-state index contributed by atoms with van der Waals surface area (Å²) in [5.41, 5.74) is 2.20. The molecule has 0 unspecified atom stereocenters. The molecule has 0 aliphatic rings. The summed E-state index contributed by atoms with van der Waals surface area (Å²) in [5, 5.41) is 16.9. The Labute approximate surface area is 129 Å². The summed E-state index contributed by atoms with van der Waals surface area (Å²) >= 11 is 0. The Hall–Kier alpha value is -3.09.